The second-order valence-electron chi connectivity index (χ2n) is 14.3. The molecular weight excluding hydrogens is 614 g/mol. The Kier molecular flexibility index (Phi) is 14.0. The average Bonchev–Trinajstić information content (AvgIpc) is 2.95. The molecular formula is C37H51N3O6S. The van der Waals surface area contributed by atoms with Gasteiger partial charge in [-0.05, 0) is 104 Å². The fourth-order valence-corrected chi connectivity index (χ4v) is 5.27. The Labute approximate surface area is 284 Å². The molecule has 0 spiro atoms. The van der Waals surface area contributed by atoms with Crippen LogP contribution in [0.2, 0.25) is 0 Å². The van der Waals surface area contributed by atoms with Crippen LogP contribution in [-0.4, -0.2) is 69.6 Å². The van der Waals surface area contributed by atoms with Crippen LogP contribution in [0.1, 0.15) is 91.5 Å². The second-order valence-corrected chi connectivity index (χ2v) is 15.3. The van der Waals surface area contributed by atoms with E-state index in [2.05, 4.69) is 16.6 Å². The number of thioether (sulfide) groups is 1. The number of benzene rings is 2. The van der Waals surface area contributed by atoms with Crippen molar-refractivity contribution in [1.29, 1.82) is 0 Å². The lowest BCUT2D eigenvalue weighted by Crippen LogP contribution is -2.59. The maximum atomic E-state index is 14.6. The molecule has 2 aromatic carbocycles. The summed E-state index contributed by atoms with van der Waals surface area (Å²) in [7, 11) is 0. The molecule has 2 rings (SSSR count). The standard InChI is InChI=1S/C37H51N3O6S/c1-12-25-18-20-27(21-19-25)30(31(41)38-29(33(43)45-36(5,6)7)24-26-16-14-13-15-17-26)40(35(2,3)4)32(42)28(22-23-47-11)39-34(44)46-37(8,9)10/h1,13-21,28-30H,22-24H2,2-11H3,(H,38,41)(H,39,44). The van der Waals surface area contributed by atoms with Gasteiger partial charge >= 0.3 is 12.1 Å². The first-order chi connectivity index (χ1) is 21.8. The van der Waals surface area contributed by atoms with Crippen LogP contribution in [0, 0.1) is 12.3 Å². The molecule has 2 aromatic rings. The molecule has 3 unspecified atom stereocenters. The normalized spacial score (nSPS) is 13.7. The molecule has 0 aromatic heterocycles. The maximum Gasteiger partial charge on any atom is 0.408 e. The van der Waals surface area contributed by atoms with E-state index in [9.17, 15) is 19.2 Å². The van der Waals surface area contributed by atoms with Gasteiger partial charge in [0.2, 0.25) is 11.8 Å². The monoisotopic (exact) mass is 665 g/mol. The molecule has 10 heteroatoms. The van der Waals surface area contributed by atoms with Gasteiger partial charge in [-0.2, -0.15) is 11.8 Å². The molecule has 256 valence electrons. The van der Waals surface area contributed by atoms with Gasteiger partial charge in [-0.15, -0.1) is 6.42 Å². The smallest absolute Gasteiger partial charge is 0.408 e. The van der Waals surface area contributed by atoms with Gasteiger partial charge in [-0.25, -0.2) is 9.59 Å². The van der Waals surface area contributed by atoms with Crippen molar-refractivity contribution in [3.63, 3.8) is 0 Å². The van der Waals surface area contributed by atoms with E-state index in [0.717, 1.165) is 5.56 Å². The summed E-state index contributed by atoms with van der Waals surface area (Å²) in [6.45, 7) is 15.9. The Hall–Kier alpha value is -3.97. The highest BCUT2D eigenvalue weighted by molar-refractivity contribution is 7.98. The lowest BCUT2D eigenvalue weighted by molar-refractivity contribution is -0.159. The van der Waals surface area contributed by atoms with Crippen molar-refractivity contribution in [2.75, 3.05) is 12.0 Å². The average molecular weight is 666 g/mol. The summed E-state index contributed by atoms with van der Waals surface area (Å²) in [4.78, 5) is 57.0. The first-order valence-corrected chi connectivity index (χ1v) is 17.1. The molecule has 0 radical (unpaired) electrons. The van der Waals surface area contributed by atoms with Gasteiger partial charge in [0, 0.05) is 17.5 Å². The van der Waals surface area contributed by atoms with Crippen LogP contribution >= 0.6 is 11.8 Å². The summed E-state index contributed by atoms with van der Waals surface area (Å²) in [5, 5.41) is 5.66. The van der Waals surface area contributed by atoms with Crippen LogP contribution < -0.4 is 10.6 Å². The van der Waals surface area contributed by atoms with Gasteiger partial charge in [-0.1, -0.05) is 48.4 Å². The van der Waals surface area contributed by atoms with E-state index < -0.39 is 58.7 Å². The van der Waals surface area contributed by atoms with E-state index >= 15 is 0 Å². The van der Waals surface area contributed by atoms with E-state index in [1.165, 1.54) is 16.7 Å². The van der Waals surface area contributed by atoms with E-state index in [0.29, 0.717) is 23.3 Å². The third kappa shape index (κ3) is 13.0. The number of ether oxygens (including phenoxy) is 2. The highest BCUT2D eigenvalue weighted by Gasteiger charge is 2.43. The van der Waals surface area contributed by atoms with E-state index in [-0.39, 0.29) is 6.42 Å². The third-order valence-electron chi connectivity index (χ3n) is 6.75. The molecule has 3 atom stereocenters. The molecule has 3 amide bonds. The number of amides is 3. The van der Waals surface area contributed by atoms with Crippen molar-refractivity contribution in [1.82, 2.24) is 15.5 Å². The number of carbonyl (C=O) groups excluding carboxylic acids is 4. The van der Waals surface area contributed by atoms with E-state index in [1.807, 2.05) is 57.4 Å². The molecule has 0 saturated carbocycles. The summed E-state index contributed by atoms with van der Waals surface area (Å²) in [5.74, 6) is 1.47. The van der Waals surface area contributed by atoms with Crippen molar-refractivity contribution in [2.45, 2.75) is 110 Å². The fraction of sp³-hybridized carbons (Fsp3) is 0.514. The zero-order chi connectivity index (χ0) is 35.6. The van der Waals surface area contributed by atoms with Crippen LogP contribution in [0.15, 0.2) is 54.6 Å². The number of terminal acetylenes is 1. The lowest BCUT2D eigenvalue weighted by atomic mass is 9.94. The first-order valence-electron chi connectivity index (χ1n) is 15.7. The minimum Gasteiger partial charge on any atom is -0.458 e. The molecule has 0 saturated heterocycles. The van der Waals surface area contributed by atoms with Gasteiger partial charge in [0.15, 0.2) is 0 Å². The summed E-state index contributed by atoms with van der Waals surface area (Å²) < 4.78 is 11.2. The predicted octanol–water partition coefficient (Wildman–Crippen LogP) is 6.05. The minimum atomic E-state index is -1.20. The van der Waals surface area contributed by atoms with Crippen molar-refractivity contribution in [3.05, 3.63) is 71.3 Å². The predicted molar refractivity (Wildman–Crippen MR) is 188 cm³/mol. The lowest BCUT2D eigenvalue weighted by Gasteiger charge is -2.43. The van der Waals surface area contributed by atoms with Gasteiger partial charge in [-0.3, -0.25) is 9.59 Å². The Morgan fingerprint density at radius 1 is 0.830 bits per heavy atom. The van der Waals surface area contributed by atoms with Crippen molar-refractivity contribution >= 4 is 35.6 Å². The summed E-state index contributed by atoms with van der Waals surface area (Å²) in [5.41, 5.74) is -0.599. The zero-order valence-electron chi connectivity index (χ0n) is 29.4. The Morgan fingerprint density at radius 3 is 1.89 bits per heavy atom. The molecule has 0 aliphatic heterocycles. The van der Waals surface area contributed by atoms with Crippen molar-refractivity contribution in [3.8, 4) is 12.3 Å². The molecule has 0 fully saturated rings. The molecule has 47 heavy (non-hydrogen) atoms. The highest BCUT2D eigenvalue weighted by atomic mass is 32.2. The fourth-order valence-electron chi connectivity index (χ4n) is 4.80. The molecule has 0 aliphatic carbocycles. The number of nitrogens with zero attached hydrogens (tertiary/aromatic N) is 1. The molecule has 9 nitrogen and oxygen atoms in total. The number of alkyl carbamates (subject to hydrolysis) is 1. The van der Waals surface area contributed by atoms with Gasteiger partial charge in [0.1, 0.15) is 29.3 Å². The van der Waals surface area contributed by atoms with Crippen LogP contribution in [0.25, 0.3) is 0 Å². The topological polar surface area (TPSA) is 114 Å². The Morgan fingerprint density at radius 2 is 1.40 bits per heavy atom. The summed E-state index contributed by atoms with van der Waals surface area (Å²) in [6, 6.07) is 12.8. The second kappa shape index (κ2) is 16.7. The van der Waals surface area contributed by atoms with Crippen LogP contribution in [0.5, 0.6) is 0 Å². The van der Waals surface area contributed by atoms with Gasteiger partial charge in [0.25, 0.3) is 0 Å². The highest BCUT2D eigenvalue weighted by Crippen LogP contribution is 2.31. The molecule has 0 heterocycles. The first kappa shape index (κ1) is 39.2. The molecule has 0 aliphatic rings. The Bertz CT molecular complexity index is 1400. The quantitative estimate of drug-likeness (QED) is 0.210. The largest absolute Gasteiger partial charge is 0.458 e. The number of carbonyl (C=O) groups is 4. The number of nitrogens with one attached hydrogen (secondary N) is 2. The van der Waals surface area contributed by atoms with E-state index in [4.69, 9.17) is 15.9 Å². The van der Waals surface area contributed by atoms with Crippen LogP contribution in [-0.2, 0) is 30.3 Å². The number of hydrogen-bond acceptors (Lipinski definition) is 7. The Balaban J connectivity index is 2.66. The number of hydrogen-bond donors (Lipinski definition) is 2. The van der Waals surface area contributed by atoms with Crippen molar-refractivity contribution < 1.29 is 28.7 Å². The number of rotatable bonds is 12. The van der Waals surface area contributed by atoms with Crippen molar-refractivity contribution in [2.24, 2.45) is 0 Å². The molecule has 2 N–H and O–H groups in total. The van der Waals surface area contributed by atoms with E-state index in [1.54, 1.807) is 65.8 Å². The third-order valence-corrected chi connectivity index (χ3v) is 7.39. The zero-order valence-corrected chi connectivity index (χ0v) is 30.2. The summed E-state index contributed by atoms with van der Waals surface area (Å²) >= 11 is 1.53. The maximum absolute atomic E-state index is 14.6. The molecule has 0 bridgehead atoms. The SMILES string of the molecule is C#Cc1ccc(C(C(=O)NC(Cc2ccccc2)C(=O)OC(C)(C)C)N(C(=O)C(CCSC)NC(=O)OC(C)(C)C)C(C)(C)C)cc1. The van der Waals surface area contributed by atoms with Crippen LogP contribution in [0.3, 0.4) is 0 Å². The van der Waals surface area contributed by atoms with Gasteiger partial charge < -0.3 is 25.0 Å². The number of esters is 1. The van der Waals surface area contributed by atoms with Crippen LogP contribution in [0.4, 0.5) is 4.79 Å². The summed E-state index contributed by atoms with van der Waals surface area (Å²) in [6.07, 6.45) is 7.25. The minimum absolute atomic E-state index is 0.171. The van der Waals surface area contributed by atoms with Gasteiger partial charge in [0.05, 0.1) is 0 Å².